The van der Waals surface area contributed by atoms with Crippen molar-refractivity contribution in [2.24, 2.45) is 0 Å². The number of rotatable bonds is 4. The molecule has 5 nitrogen and oxygen atoms in total. The Labute approximate surface area is 129 Å². The number of benzene rings is 1. The first-order chi connectivity index (χ1) is 9.41. The fourth-order valence-corrected chi connectivity index (χ4v) is 3.89. The van der Waals surface area contributed by atoms with E-state index in [0.29, 0.717) is 13.1 Å². The van der Waals surface area contributed by atoms with Crippen molar-refractivity contribution in [1.29, 1.82) is 0 Å². The summed E-state index contributed by atoms with van der Waals surface area (Å²) in [7, 11) is -1.15. The van der Waals surface area contributed by atoms with Crippen LogP contribution in [0.15, 0.2) is 22.7 Å². The number of hydrogen-bond acceptors (Lipinski definition) is 4. The molecule has 0 bridgehead atoms. The van der Waals surface area contributed by atoms with Gasteiger partial charge in [0.2, 0.25) is 10.0 Å². The van der Waals surface area contributed by atoms with Crippen molar-refractivity contribution in [2.45, 2.75) is 6.54 Å². The highest BCUT2D eigenvalue weighted by atomic mass is 79.9. The molecule has 1 saturated heterocycles. The maximum absolute atomic E-state index is 11.5. The van der Waals surface area contributed by atoms with E-state index in [4.69, 9.17) is 0 Å². The second-order valence-electron chi connectivity index (χ2n) is 4.97. The van der Waals surface area contributed by atoms with Crippen LogP contribution in [0.1, 0.15) is 5.56 Å². The molecule has 7 heteroatoms. The molecule has 0 aromatic heterocycles. The molecule has 112 valence electrons. The van der Waals surface area contributed by atoms with E-state index in [-0.39, 0.29) is 0 Å². The third kappa shape index (κ3) is 3.72. The summed E-state index contributed by atoms with van der Waals surface area (Å²) in [6.45, 7) is 3.36. The normalized spacial score (nSPS) is 17.4. The SMILES string of the molecule is CNCc1ccc(N2CCN(S(C)(=O)=O)CC2)c(Br)c1. The van der Waals surface area contributed by atoms with Gasteiger partial charge in [-0.05, 0) is 40.7 Å². The first kappa shape index (κ1) is 15.8. The van der Waals surface area contributed by atoms with Gasteiger partial charge in [0, 0.05) is 37.2 Å². The highest BCUT2D eigenvalue weighted by Crippen LogP contribution is 2.28. The van der Waals surface area contributed by atoms with Gasteiger partial charge in [-0.25, -0.2) is 8.42 Å². The summed E-state index contributed by atoms with van der Waals surface area (Å²) in [5.41, 5.74) is 2.34. The van der Waals surface area contributed by atoms with Crippen LogP contribution in [-0.4, -0.2) is 52.2 Å². The standard InChI is InChI=1S/C13H20BrN3O2S/c1-15-10-11-3-4-13(12(14)9-11)16-5-7-17(8-6-16)20(2,18)19/h3-4,9,15H,5-8,10H2,1-2H3. The number of nitrogens with zero attached hydrogens (tertiary/aromatic N) is 2. The Bertz CT molecular complexity index is 569. The molecule has 0 amide bonds. The molecule has 20 heavy (non-hydrogen) atoms. The largest absolute Gasteiger partial charge is 0.368 e. The van der Waals surface area contributed by atoms with Crippen molar-refractivity contribution in [2.75, 3.05) is 44.4 Å². The summed E-state index contributed by atoms with van der Waals surface area (Å²) in [4.78, 5) is 2.22. The Morgan fingerprint density at radius 3 is 2.40 bits per heavy atom. The Balaban J connectivity index is 2.07. The molecular formula is C13H20BrN3O2S. The van der Waals surface area contributed by atoms with Crippen LogP contribution >= 0.6 is 15.9 Å². The van der Waals surface area contributed by atoms with Gasteiger partial charge in [-0.15, -0.1) is 0 Å². The maximum atomic E-state index is 11.5. The van der Waals surface area contributed by atoms with Crippen LogP contribution in [0.25, 0.3) is 0 Å². The minimum atomic E-state index is -3.07. The molecule has 2 rings (SSSR count). The van der Waals surface area contributed by atoms with Crippen LogP contribution in [-0.2, 0) is 16.6 Å². The molecule has 1 aromatic rings. The second kappa shape index (κ2) is 6.43. The van der Waals surface area contributed by atoms with E-state index in [9.17, 15) is 8.42 Å². The molecule has 0 atom stereocenters. The lowest BCUT2D eigenvalue weighted by molar-refractivity contribution is 0.388. The van der Waals surface area contributed by atoms with Crippen LogP contribution < -0.4 is 10.2 Å². The summed E-state index contributed by atoms with van der Waals surface area (Å²) in [6, 6.07) is 6.29. The van der Waals surface area contributed by atoms with Gasteiger partial charge in [0.15, 0.2) is 0 Å². The average molecular weight is 362 g/mol. The molecule has 1 N–H and O–H groups in total. The van der Waals surface area contributed by atoms with E-state index in [0.717, 1.165) is 29.8 Å². The summed E-state index contributed by atoms with van der Waals surface area (Å²) < 4.78 is 25.6. The van der Waals surface area contributed by atoms with Crippen molar-refractivity contribution in [3.05, 3.63) is 28.2 Å². The van der Waals surface area contributed by atoms with Gasteiger partial charge in [0.25, 0.3) is 0 Å². The number of sulfonamides is 1. The number of nitrogens with one attached hydrogen (secondary N) is 1. The fourth-order valence-electron chi connectivity index (χ4n) is 2.38. The van der Waals surface area contributed by atoms with Crippen molar-refractivity contribution in [3.63, 3.8) is 0 Å². The zero-order chi connectivity index (χ0) is 14.8. The third-order valence-electron chi connectivity index (χ3n) is 3.44. The van der Waals surface area contributed by atoms with Gasteiger partial charge >= 0.3 is 0 Å². The Morgan fingerprint density at radius 1 is 1.25 bits per heavy atom. The van der Waals surface area contributed by atoms with Crippen molar-refractivity contribution >= 4 is 31.6 Å². The molecule has 1 fully saturated rings. The molecule has 0 aliphatic carbocycles. The van der Waals surface area contributed by atoms with E-state index in [2.05, 4.69) is 44.3 Å². The third-order valence-corrected chi connectivity index (χ3v) is 5.38. The zero-order valence-corrected chi connectivity index (χ0v) is 14.2. The first-order valence-corrected chi connectivity index (χ1v) is 9.19. The van der Waals surface area contributed by atoms with E-state index >= 15 is 0 Å². The minimum absolute atomic E-state index is 0.545. The molecule has 0 saturated carbocycles. The van der Waals surface area contributed by atoms with Crippen LogP contribution in [0, 0.1) is 0 Å². The summed E-state index contributed by atoms with van der Waals surface area (Å²) in [6.07, 6.45) is 1.27. The van der Waals surface area contributed by atoms with Crippen LogP contribution in [0.4, 0.5) is 5.69 Å². The van der Waals surface area contributed by atoms with Crippen molar-refractivity contribution in [1.82, 2.24) is 9.62 Å². The second-order valence-corrected chi connectivity index (χ2v) is 7.80. The van der Waals surface area contributed by atoms with Gasteiger partial charge in [-0.1, -0.05) is 6.07 Å². The summed E-state index contributed by atoms with van der Waals surface area (Å²) >= 11 is 3.61. The van der Waals surface area contributed by atoms with Crippen LogP contribution in [0.2, 0.25) is 0 Å². The van der Waals surface area contributed by atoms with Crippen molar-refractivity contribution < 1.29 is 8.42 Å². The summed E-state index contributed by atoms with van der Waals surface area (Å²) in [5.74, 6) is 0. The molecule has 0 radical (unpaired) electrons. The van der Waals surface area contributed by atoms with Gasteiger partial charge in [-0.2, -0.15) is 4.31 Å². The number of piperazine rings is 1. The maximum Gasteiger partial charge on any atom is 0.211 e. The highest BCUT2D eigenvalue weighted by molar-refractivity contribution is 9.10. The number of halogens is 1. The lowest BCUT2D eigenvalue weighted by Gasteiger charge is -2.35. The topological polar surface area (TPSA) is 52.6 Å². The van der Waals surface area contributed by atoms with Crippen molar-refractivity contribution in [3.8, 4) is 0 Å². The molecular weight excluding hydrogens is 342 g/mol. The molecule has 0 spiro atoms. The quantitative estimate of drug-likeness (QED) is 0.876. The van der Waals surface area contributed by atoms with Gasteiger partial charge in [0.1, 0.15) is 0 Å². The lowest BCUT2D eigenvalue weighted by atomic mass is 10.2. The number of anilines is 1. The Hall–Kier alpha value is -0.630. The van der Waals surface area contributed by atoms with Crippen LogP contribution in [0.3, 0.4) is 0 Å². The van der Waals surface area contributed by atoms with Gasteiger partial charge in [0.05, 0.1) is 11.9 Å². The monoisotopic (exact) mass is 361 g/mol. The Morgan fingerprint density at radius 2 is 1.90 bits per heavy atom. The minimum Gasteiger partial charge on any atom is -0.368 e. The van der Waals surface area contributed by atoms with E-state index in [1.165, 1.54) is 16.1 Å². The molecule has 1 aliphatic heterocycles. The fraction of sp³-hybridized carbons (Fsp3) is 0.538. The lowest BCUT2D eigenvalue weighted by Crippen LogP contribution is -2.48. The smallest absolute Gasteiger partial charge is 0.211 e. The average Bonchev–Trinajstić information content (AvgIpc) is 2.38. The van der Waals surface area contributed by atoms with E-state index in [1.807, 2.05) is 7.05 Å². The molecule has 0 unspecified atom stereocenters. The predicted octanol–water partition coefficient (Wildman–Crippen LogP) is 1.25. The highest BCUT2D eigenvalue weighted by Gasteiger charge is 2.24. The van der Waals surface area contributed by atoms with Crippen LogP contribution in [0.5, 0.6) is 0 Å². The zero-order valence-electron chi connectivity index (χ0n) is 11.8. The van der Waals surface area contributed by atoms with Gasteiger partial charge in [-0.3, -0.25) is 0 Å². The number of hydrogen-bond donors (Lipinski definition) is 1. The molecule has 1 heterocycles. The van der Waals surface area contributed by atoms with E-state index < -0.39 is 10.0 Å². The summed E-state index contributed by atoms with van der Waals surface area (Å²) in [5, 5.41) is 3.12. The first-order valence-electron chi connectivity index (χ1n) is 6.55. The molecule has 1 aromatic carbocycles. The van der Waals surface area contributed by atoms with Gasteiger partial charge < -0.3 is 10.2 Å². The molecule has 1 aliphatic rings. The predicted molar refractivity (Wildman–Crippen MR) is 85.5 cm³/mol. The van der Waals surface area contributed by atoms with E-state index in [1.54, 1.807) is 0 Å². The Kier molecular flexibility index (Phi) is 5.06.